The van der Waals surface area contributed by atoms with Gasteiger partial charge in [-0.15, -0.1) is 0 Å². The molecule has 21 heavy (non-hydrogen) atoms. The molecule has 2 rings (SSSR count). The van der Waals surface area contributed by atoms with Crippen molar-refractivity contribution in [3.8, 4) is 0 Å². The van der Waals surface area contributed by atoms with E-state index in [1.54, 1.807) is 24.3 Å². The number of hydrogen-bond donors (Lipinski definition) is 3. The lowest BCUT2D eigenvalue weighted by Crippen LogP contribution is -2.31. The molecule has 1 aromatic carbocycles. The van der Waals surface area contributed by atoms with E-state index in [2.05, 4.69) is 15.4 Å². The molecule has 1 amide bonds. The fourth-order valence-corrected chi connectivity index (χ4v) is 3.28. The Hall–Kier alpha value is -1.60. The average molecular weight is 311 g/mol. The van der Waals surface area contributed by atoms with E-state index in [9.17, 15) is 13.2 Å². The van der Waals surface area contributed by atoms with Crippen LogP contribution in [0.4, 0.5) is 5.69 Å². The second-order valence-corrected chi connectivity index (χ2v) is 6.87. The van der Waals surface area contributed by atoms with Gasteiger partial charge in [-0.2, -0.15) is 0 Å². The lowest BCUT2D eigenvalue weighted by atomic mass is 10.2. The molecular weight excluding hydrogens is 290 g/mol. The van der Waals surface area contributed by atoms with E-state index in [4.69, 9.17) is 0 Å². The van der Waals surface area contributed by atoms with E-state index in [-0.39, 0.29) is 16.8 Å². The lowest BCUT2D eigenvalue weighted by Gasteiger charge is -2.13. The Morgan fingerprint density at radius 3 is 2.57 bits per heavy atom. The quantitative estimate of drug-likeness (QED) is 0.703. The van der Waals surface area contributed by atoms with Gasteiger partial charge in [0.25, 0.3) is 0 Å². The highest BCUT2D eigenvalue weighted by Gasteiger charge is 2.20. The number of rotatable bonds is 7. The zero-order chi connectivity index (χ0) is 15.3. The Kier molecular flexibility index (Phi) is 5.19. The molecule has 0 aromatic heterocycles. The number of nitrogens with one attached hydrogen (secondary N) is 3. The van der Waals surface area contributed by atoms with E-state index in [0.717, 1.165) is 18.5 Å². The van der Waals surface area contributed by atoms with Crippen LogP contribution in [-0.4, -0.2) is 33.5 Å². The Morgan fingerprint density at radius 1 is 1.29 bits per heavy atom. The summed E-state index contributed by atoms with van der Waals surface area (Å²) in [6.45, 7) is 2.99. The molecule has 0 radical (unpaired) electrons. The SMILES string of the molecule is CCCNS(=O)(=O)c1ccc(NCC2CCC(=O)N2)cc1. The molecular formula is C14H21N3O3S. The fraction of sp³-hybridized carbons (Fsp3) is 0.500. The summed E-state index contributed by atoms with van der Waals surface area (Å²) in [5, 5.41) is 6.07. The highest BCUT2D eigenvalue weighted by Crippen LogP contribution is 2.15. The third-order valence-electron chi connectivity index (χ3n) is 3.34. The molecule has 116 valence electrons. The summed E-state index contributed by atoms with van der Waals surface area (Å²) in [6.07, 6.45) is 2.16. The summed E-state index contributed by atoms with van der Waals surface area (Å²) in [7, 11) is -3.41. The van der Waals surface area contributed by atoms with Crippen LogP contribution in [0.15, 0.2) is 29.2 Å². The van der Waals surface area contributed by atoms with Crippen molar-refractivity contribution in [2.75, 3.05) is 18.4 Å². The van der Waals surface area contributed by atoms with Gasteiger partial charge in [0, 0.05) is 31.2 Å². The second kappa shape index (κ2) is 6.91. The van der Waals surface area contributed by atoms with Crippen molar-refractivity contribution >= 4 is 21.6 Å². The molecule has 0 aliphatic carbocycles. The smallest absolute Gasteiger partial charge is 0.240 e. The first-order chi connectivity index (χ1) is 10.0. The molecule has 1 aromatic rings. The van der Waals surface area contributed by atoms with Crippen molar-refractivity contribution in [3.63, 3.8) is 0 Å². The third-order valence-corrected chi connectivity index (χ3v) is 4.82. The number of sulfonamides is 1. The molecule has 7 heteroatoms. The number of amides is 1. The van der Waals surface area contributed by atoms with Gasteiger partial charge in [-0.3, -0.25) is 4.79 Å². The standard InChI is InChI=1S/C14H21N3O3S/c1-2-9-16-21(19,20)13-6-3-11(4-7-13)15-10-12-5-8-14(18)17-12/h3-4,6-7,12,15-16H,2,5,8-10H2,1H3,(H,17,18). The minimum absolute atomic E-state index is 0.0882. The minimum atomic E-state index is -3.41. The first-order valence-electron chi connectivity index (χ1n) is 7.14. The van der Waals surface area contributed by atoms with Crippen LogP contribution < -0.4 is 15.4 Å². The highest BCUT2D eigenvalue weighted by atomic mass is 32.2. The molecule has 1 atom stereocenters. The number of benzene rings is 1. The normalized spacial score (nSPS) is 18.5. The molecule has 0 bridgehead atoms. The molecule has 1 fully saturated rings. The second-order valence-electron chi connectivity index (χ2n) is 5.11. The van der Waals surface area contributed by atoms with Gasteiger partial charge in [-0.25, -0.2) is 13.1 Å². The van der Waals surface area contributed by atoms with Gasteiger partial charge in [-0.05, 0) is 37.1 Å². The van der Waals surface area contributed by atoms with Crippen molar-refractivity contribution in [2.24, 2.45) is 0 Å². The van der Waals surface area contributed by atoms with E-state index < -0.39 is 10.0 Å². The monoisotopic (exact) mass is 311 g/mol. The molecule has 3 N–H and O–H groups in total. The van der Waals surface area contributed by atoms with Crippen molar-refractivity contribution in [3.05, 3.63) is 24.3 Å². The molecule has 1 heterocycles. The predicted octanol–water partition coefficient (Wildman–Crippen LogP) is 1.07. The van der Waals surface area contributed by atoms with Crippen LogP contribution in [0, 0.1) is 0 Å². The summed E-state index contributed by atoms with van der Waals surface area (Å²) in [4.78, 5) is 11.4. The van der Waals surface area contributed by atoms with Crippen LogP contribution in [0.5, 0.6) is 0 Å². The Labute approximate surface area is 125 Å². The van der Waals surface area contributed by atoms with Gasteiger partial charge in [-0.1, -0.05) is 6.92 Å². The summed E-state index contributed by atoms with van der Waals surface area (Å²) >= 11 is 0. The summed E-state index contributed by atoms with van der Waals surface area (Å²) in [5.74, 6) is 0.0882. The van der Waals surface area contributed by atoms with Crippen LogP contribution in [0.1, 0.15) is 26.2 Å². The average Bonchev–Trinajstić information content (AvgIpc) is 2.89. The van der Waals surface area contributed by atoms with Crippen molar-refractivity contribution in [2.45, 2.75) is 37.1 Å². The third kappa shape index (κ3) is 4.44. The Balaban J connectivity index is 1.91. The zero-order valence-electron chi connectivity index (χ0n) is 12.1. The van der Waals surface area contributed by atoms with Gasteiger partial charge in [0.1, 0.15) is 0 Å². The fourth-order valence-electron chi connectivity index (χ4n) is 2.14. The lowest BCUT2D eigenvalue weighted by molar-refractivity contribution is -0.119. The highest BCUT2D eigenvalue weighted by molar-refractivity contribution is 7.89. The molecule has 1 unspecified atom stereocenters. The Morgan fingerprint density at radius 2 is 2.00 bits per heavy atom. The van der Waals surface area contributed by atoms with Crippen molar-refractivity contribution < 1.29 is 13.2 Å². The van der Waals surface area contributed by atoms with E-state index in [1.165, 1.54) is 0 Å². The van der Waals surface area contributed by atoms with Gasteiger partial charge in [0.15, 0.2) is 0 Å². The maximum Gasteiger partial charge on any atom is 0.240 e. The predicted molar refractivity (Wildman–Crippen MR) is 81.6 cm³/mol. The van der Waals surface area contributed by atoms with Crippen LogP contribution >= 0.6 is 0 Å². The van der Waals surface area contributed by atoms with E-state index in [0.29, 0.717) is 19.5 Å². The summed E-state index contributed by atoms with van der Waals surface area (Å²) < 4.78 is 26.4. The molecule has 6 nitrogen and oxygen atoms in total. The summed E-state index contributed by atoms with van der Waals surface area (Å²) in [5.41, 5.74) is 0.839. The van der Waals surface area contributed by atoms with Gasteiger partial charge < -0.3 is 10.6 Å². The van der Waals surface area contributed by atoms with Crippen LogP contribution in [0.25, 0.3) is 0 Å². The number of carbonyl (C=O) groups is 1. The molecule has 1 aliphatic heterocycles. The molecule has 1 saturated heterocycles. The Bertz CT molecular complexity index is 584. The van der Waals surface area contributed by atoms with Gasteiger partial charge in [0.2, 0.25) is 15.9 Å². The first-order valence-corrected chi connectivity index (χ1v) is 8.62. The topological polar surface area (TPSA) is 87.3 Å². The van der Waals surface area contributed by atoms with Crippen molar-refractivity contribution in [1.82, 2.24) is 10.0 Å². The number of hydrogen-bond acceptors (Lipinski definition) is 4. The zero-order valence-corrected chi connectivity index (χ0v) is 12.9. The first kappa shape index (κ1) is 15.8. The van der Waals surface area contributed by atoms with Gasteiger partial charge in [0.05, 0.1) is 4.90 Å². The number of anilines is 1. The largest absolute Gasteiger partial charge is 0.383 e. The van der Waals surface area contributed by atoms with Gasteiger partial charge >= 0.3 is 0 Å². The van der Waals surface area contributed by atoms with Crippen LogP contribution in [0.2, 0.25) is 0 Å². The summed E-state index contributed by atoms with van der Waals surface area (Å²) in [6, 6.07) is 6.77. The van der Waals surface area contributed by atoms with Crippen LogP contribution in [0.3, 0.4) is 0 Å². The van der Waals surface area contributed by atoms with Crippen molar-refractivity contribution in [1.29, 1.82) is 0 Å². The maximum atomic E-state index is 11.9. The molecule has 0 spiro atoms. The maximum absolute atomic E-state index is 11.9. The van der Waals surface area contributed by atoms with Crippen LogP contribution in [-0.2, 0) is 14.8 Å². The molecule has 0 saturated carbocycles. The van der Waals surface area contributed by atoms with E-state index in [1.807, 2.05) is 6.92 Å². The van der Waals surface area contributed by atoms with E-state index >= 15 is 0 Å². The minimum Gasteiger partial charge on any atom is -0.383 e. The molecule has 1 aliphatic rings. The number of carbonyl (C=O) groups excluding carboxylic acids is 1.